The standard InChI is InChI=1S/C19H27N5O2/c1-21-8-10-23(11-9-21)19(25)24(13-15-5-4-12-26-15)14-17-16-6-3-7-18(16)22(2)20-17/h4-5,12H,3,6-11,13-14H2,1-2H3. The van der Waals surface area contributed by atoms with Crippen LogP contribution in [0, 0.1) is 0 Å². The van der Waals surface area contributed by atoms with Crippen LogP contribution >= 0.6 is 0 Å². The van der Waals surface area contributed by atoms with Crippen LogP contribution in [0.2, 0.25) is 0 Å². The van der Waals surface area contributed by atoms with Gasteiger partial charge < -0.3 is 19.1 Å². The fraction of sp³-hybridized carbons (Fsp3) is 0.579. The van der Waals surface area contributed by atoms with Crippen LogP contribution in [0.1, 0.15) is 29.1 Å². The van der Waals surface area contributed by atoms with Crippen molar-refractivity contribution in [2.24, 2.45) is 7.05 Å². The number of aryl methyl sites for hydroxylation is 1. The number of rotatable bonds is 4. The fourth-order valence-electron chi connectivity index (χ4n) is 3.98. The van der Waals surface area contributed by atoms with Crippen molar-refractivity contribution in [3.05, 3.63) is 41.1 Å². The predicted octanol–water partition coefficient (Wildman–Crippen LogP) is 1.87. The van der Waals surface area contributed by atoms with Gasteiger partial charge in [0.15, 0.2) is 0 Å². The molecular formula is C19H27N5O2. The van der Waals surface area contributed by atoms with E-state index in [0.29, 0.717) is 13.1 Å². The van der Waals surface area contributed by atoms with Gasteiger partial charge in [-0.25, -0.2) is 4.79 Å². The summed E-state index contributed by atoms with van der Waals surface area (Å²) in [6.07, 6.45) is 4.99. The molecule has 4 rings (SSSR count). The van der Waals surface area contributed by atoms with Crippen molar-refractivity contribution in [3.63, 3.8) is 0 Å². The zero-order valence-corrected chi connectivity index (χ0v) is 15.6. The van der Waals surface area contributed by atoms with Crippen molar-refractivity contribution in [2.75, 3.05) is 33.2 Å². The van der Waals surface area contributed by atoms with Crippen LogP contribution in [-0.4, -0.2) is 63.7 Å². The zero-order valence-electron chi connectivity index (χ0n) is 15.6. The van der Waals surface area contributed by atoms with E-state index in [1.165, 1.54) is 17.7 Å². The van der Waals surface area contributed by atoms with Crippen LogP contribution < -0.4 is 0 Å². The summed E-state index contributed by atoms with van der Waals surface area (Å²) >= 11 is 0. The van der Waals surface area contributed by atoms with E-state index >= 15 is 0 Å². The molecule has 7 nitrogen and oxygen atoms in total. The average Bonchev–Trinajstić information content (AvgIpc) is 3.36. The largest absolute Gasteiger partial charge is 0.467 e. The van der Waals surface area contributed by atoms with E-state index in [2.05, 4.69) is 11.9 Å². The van der Waals surface area contributed by atoms with E-state index in [1.807, 2.05) is 33.7 Å². The molecule has 7 heteroatoms. The number of aromatic nitrogens is 2. The van der Waals surface area contributed by atoms with Gasteiger partial charge in [0.2, 0.25) is 0 Å². The predicted molar refractivity (Wildman–Crippen MR) is 97.7 cm³/mol. The summed E-state index contributed by atoms with van der Waals surface area (Å²) in [7, 11) is 4.10. The molecule has 2 aromatic heterocycles. The monoisotopic (exact) mass is 357 g/mol. The highest BCUT2D eigenvalue weighted by Gasteiger charge is 2.28. The van der Waals surface area contributed by atoms with Gasteiger partial charge in [-0.15, -0.1) is 0 Å². The molecule has 0 bridgehead atoms. The van der Waals surface area contributed by atoms with E-state index in [9.17, 15) is 4.79 Å². The normalized spacial score (nSPS) is 17.5. The van der Waals surface area contributed by atoms with Crippen LogP contribution in [0.3, 0.4) is 0 Å². The SMILES string of the molecule is CN1CCN(C(=O)N(Cc2ccco2)Cc2nn(C)c3c2CCC3)CC1. The Morgan fingerprint density at radius 2 is 2.00 bits per heavy atom. The van der Waals surface area contributed by atoms with Gasteiger partial charge >= 0.3 is 6.03 Å². The Morgan fingerprint density at radius 1 is 1.19 bits per heavy atom. The molecule has 1 fully saturated rings. The number of nitrogens with zero attached hydrogens (tertiary/aromatic N) is 5. The summed E-state index contributed by atoms with van der Waals surface area (Å²) in [6.45, 7) is 4.38. The molecule has 0 spiro atoms. The second kappa shape index (κ2) is 7.15. The first kappa shape index (κ1) is 17.1. The number of hydrogen-bond donors (Lipinski definition) is 0. The lowest BCUT2D eigenvalue weighted by Gasteiger charge is -2.35. The number of fused-ring (bicyclic) bond motifs is 1. The summed E-state index contributed by atoms with van der Waals surface area (Å²) in [4.78, 5) is 19.3. The zero-order chi connectivity index (χ0) is 18.1. The highest BCUT2D eigenvalue weighted by Crippen LogP contribution is 2.26. The molecule has 0 unspecified atom stereocenters. The average molecular weight is 357 g/mol. The van der Waals surface area contributed by atoms with Crippen LogP contribution in [0.4, 0.5) is 4.79 Å². The Bertz CT molecular complexity index is 759. The van der Waals surface area contributed by atoms with Crippen molar-refractivity contribution >= 4 is 6.03 Å². The topological polar surface area (TPSA) is 57.8 Å². The van der Waals surface area contributed by atoms with Gasteiger partial charge in [0, 0.05) is 38.9 Å². The first-order valence-corrected chi connectivity index (χ1v) is 9.40. The lowest BCUT2D eigenvalue weighted by atomic mass is 10.2. The van der Waals surface area contributed by atoms with Gasteiger partial charge in [-0.1, -0.05) is 0 Å². The first-order chi connectivity index (χ1) is 12.6. The molecule has 2 aliphatic rings. The molecule has 3 heterocycles. The second-order valence-electron chi connectivity index (χ2n) is 7.36. The fourth-order valence-corrected chi connectivity index (χ4v) is 3.98. The Morgan fingerprint density at radius 3 is 2.73 bits per heavy atom. The molecule has 0 radical (unpaired) electrons. The second-order valence-corrected chi connectivity index (χ2v) is 7.36. The lowest BCUT2D eigenvalue weighted by molar-refractivity contribution is 0.115. The lowest BCUT2D eigenvalue weighted by Crippen LogP contribution is -2.51. The number of carbonyl (C=O) groups excluding carboxylic acids is 1. The van der Waals surface area contributed by atoms with Gasteiger partial charge in [-0.3, -0.25) is 4.68 Å². The number of carbonyl (C=O) groups is 1. The van der Waals surface area contributed by atoms with Crippen molar-refractivity contribution in [1.29, 1.82) is 0 Å². The number of piperazine rings is 1. The van der Waals surface area contributed by atoms with E-state index in [4.69, 9.17) is 9.52 Å². The van der Waals surface area contributed by atoms with Gasteiger partial charge in [-0.05, 0) is 44.0 Å². The van der Waals surface area contributed by atoms with E-state index < -0.39 is 0 Å². The Kier molecular flexibility index (Phi) is 4.72. The van der Waals surface area contributed by atoms with Crippen LogP contribution in [0.5, 0.6) is 0 Å². The summed E-state index contributed by atoms with van der Waals surface area (Å²) in [5.74, 6) is 0.806. The third kappa shape index (κ3) is 3.35. The maximum atomic E-state index is 13.2. The summed E-state index contributed by atoms with van der Waals surface area (Å²) < 4.78 is 7.50. The molecule has 0 aromatic carbocycles. The van der Waals surface area contributed by atoms with Gasteiger partial charge in [-0.2, -0.15) is 5.10 Å². The summed E-state index contributed by atoms with van der Waals surface area (Å²) in [5, 5.41) is 4.71. The van der Waals surface area contributed by atoms with E-state index in [-0.39, 0.29) is 6.03 Å². The minimum atomic E-state index is 0.0758. The summed E-state index contributed by atoms with van der Waals surface area (Å²) in [6, 6.07) is 3.87. The maximum Gasteiger partial charge on any atom is 0.320 e. The maximum absolute atomic E-state index is 13.2. The Hall–Kier alpha value is -2.28. The molecule has 0 atom stereocenters. The van der Waals surface area contributed by atoms with Gasteiger partial charge in [0.1, 0.15) is 5.76 Å². The van der Waals surface area contributed by atoms with Crippen molar-refractivity contribution in [2.45, 2.75) is 32.4 Å². The molecular weight excluding hydrogens is 330 g/mol. The Balaban J connectivity index is 1.55. The van der Waals surface area contributed by atoms with E-state index in [0.717, 1.165) is 50.5 Å². The quantitative estimate of drug-likeness (QED) is 0.838. The highest BCUT2D eigenvalue weighted by atomic mass is 16.3. The van der Waals surface area contributed by atoms with Crippen molar-refractivity contribution < 1.29 is 9.21 Å². The number of hydrogen-bond acceptors (Lipinski definition) is 4. The molecule has 1 saturated heterocycles. The number of likely N-dealkylation sites (N-methyl/N-ethyl adjacent to an activating group) is 1. The molecule has 26 heavy (non-hydrogen) atoms. The van der Waals surface area contributed by atoms with Gasteiger partial charge in [0.25, 0.3) is 0 Å². The minimum absolute atomic E-state index is 0.0758. The van der Waals surface area contributed by atoms with E-state index in [1.54, 1.807) is 6.26 Å². The Labute approximate surface area is 154 Å². The highest BCUT2D eigenvalue weighted by molar-refractivity contribution is 5.74. The smallest absolute Gasteiger partial charge is 0.320 e. The first-order valence-electron chi connectivity index (χ1n) is 9.40. The number of amides is 2. The van der Waals surface area contributed by atoms with Crippen molar-refractivity contribution in [3.8, 4) is 0 Å². The minimum Gasteiger partial charge on any atom is -0.467 e. The third-order valence-corrected chi connectivity index (χ3v) is 5.51. The van der Waals surface area contributed by atoms with Crippen molar-refractivity contribution in [1.82, 2.24) is 24.5 Å². The molecule has 0 N–H and O–H groups in total. The van der Waals surface area contributed by atoms with Crippen LogP contribution in [0.25, 0.3) is 0 Å². The molecule has 140 valence electrons. The van der Waals surface area contributed by atoms with Gasteiger partial charge in [0.05, 0.1) is 25.0 Å². The molecule has 1 aliphatic carbocycles. The third-order valence-electron chi connectivity index (χ3n) is 5.51. The summed E-state index contributed by atoms with van der Waals surface area (Å²) in [5.41, 5.74) is 3.70. The van der Waals surface area contributed by atoms with Crippen LogP contribution in [0.15, 0.2) is 22.8 Å². The molecule has 2 aromatic rings. The molecule has 2 amide bonds. The van der Waals surface area contributed by atoms with Crippen LogP contribution in [-0.2, 0) is 33.0 Å². The molecule has 0 saturated carbocycles. The number of furan rings is 1. The number of urea groups is 1. The molecule has 1 aliphatic heterocycles.